The summed E-state index contributed by atoms with van der Waals surface area (Å²) < 4.78 is 0. The van der Waals surface area contributed by atoms with Gasteiger partial charge in [-0.05, 0) is 24.8 Å². The molecule has 0 saturated carbocycles. The Labute approximate surface area is 124 Å². The first-order valence-electron chi connectivity index (χ1n) is 7.58. The van der Waals surface area contributed by atoms with Crippen molar-refractivity contribution in [2.45, 2.75) is 31.3 Å². The van der Waals surface area contributed by atoms with Crippen LogP contribution in [0.1, 0.15) is 18.4 Å². The lowest BCUT2D eigenvalue weighted by molar-refractivity contribution is -0.135. The number of hydrogen-bond acceptors (Lipinski definition) is 3. The Bertz CT molecular complexity index is 508. The maximum Gasteiger partial charge on any atom is 0.241 e. The quantitative estimate of drug-likeness (QED) is 0.841. The van der Waals surface area contributed by atoms with Crippen LogP contribution >= 0.6 is 0 Å². The topological polar surface area (TPSA) is 61.4 Å². The van der Waals surface area contributed by atoms with Crippen molar-refractivity contribution in [2.24, 2.45) is 0 Å². The molecule has 2 unspecified atom stereocenters. The van der Waals surface area contributed by atoms with Crippen LogP contribution in [-0.2, 0) is 16.0 Å². The molecule has 21 heavy (non-hydrogen) atoms. The van der Waals surface area contributed by atoms with E-state index in [9.17, 15) is 9.59 Å². The molecule has 2 fully saturated rings. The molecule has 2 saturated heterocycles. The fourth-order valence-electron chi connectivity index (χ4n) is 3.17. The highest BCUT2D eigenvalue weighted by molar-refractivity contribution is 5.87. The van der Waals surface area contributed by atoms with E-state index in [-0.39, 0.29) is 30.4 Å². The Hall–Kier alpha value is -1.88. The lowest BCUT2D eigenvalue weighted by Gasteiger charge is -2.31. The van der Waals surface area contributed by atoms with E-state index in [1.54, 1.807) is 0 Å². The summed E-state index contributed by atoms with van der Waals surface area (Å²) >= 11 is 0. The molecule has 2 atom stereocenters. The molecule has 3 rings (SSSR count). The molecular weight excluding hydrogens is 266 g/mol. The van der Waals surface area contributed by atoms with Gasteiger partial charge in [0.15, 0.2) is 0 Å². The van der Waals surface area contributed by atoms with Crippen LogP contribution in [0.15, 0.2) is 30.3 Å². The van der Waals surface area contributed by atoms with Gasteiger partial charge in [-0.25, -0.2) is 0 Å². The van der Waals surface area contributed by atoms with Crippen molar-refractivity contribution < 1.29 is 9.59 Å². The van der Waals surface area contributed by atoms with Gasteiger partial charge in [-0.2, -0.15) is 0 Å². The van der Waals surface area contributed by atoms with E-state index >= 15 is 0 Å². The average Bonchev–Trinajstić information content (AvgIpc) is 2.96. The van der Waals surface area contributed by atoms with E-state index in [4.69, 9.17) is 0 Å². The van der Waals surface area contributed by atoms with Gasteiger partial charge >= 0.3 is 0 Å². The van der Waals surface area contributed by atoms with Crippen molar-refractivity contribution in [2.75, 3.05) is 19.6 Å². The summed E-state index contributed by atoms with van der Waals surface area (Å²) in [4.78, 5) is 25.8. The van der Waals surface area contributed by atoms with E-state index in [0.29, 0.717) is 6.54 Å². The van der Waals surface area contributed by atoms with Crippen LogP contribution in [0.3, 0.4) is 0 Å². The van der Waals surface area contributed by atoms with E-state index in [2.05, 4.69) is 22.8 Å². The molecule has 5 heteroatoms. The van der Waals surface area contributed by atoms with Crippen molar-refractivity contribution in [3.63, 3.8) is 0 Å². The molecule has 2 aliphatic heterocycles. The summed E-state index contributed by atoms with van der Waals surface area (Å²) in [5.41, 5.74) is 1.27. The van der Waals surface area contributed by atoms with Gasteiger partial charge in [-0.3, -0.25) is 14.9 Å². The van der Waals surface area contributed by atoms with Crippen LogP contribution in [0.5, 0.6) is 0 Å². The highest BCUT2D eigenvalue weighted by Crippen LogP contribution is 2.22. The van der Waals surface area contributed by atoms with Gasteiger partial charge in [-0.1, -0.05) is 30.3 Å². The Morgan fingerprint density at radius 2 is 2.10 bits per heavy atom. The highest BCUT2D eigenvalue weighted by Gasteiger charge is 2.34. The van der Waals surface area contributed by atoms with E-state index < -0.39 is 0 Å². The van der Waals surface area contributed by atoms with Gasteiger partial charge in [0, 0.05) is 19.1 Å². The van der Waals surface area contributed by atoms with Gasteiger partial charge in [0.05, 0.1) is 6.54 Å². The monoisotopic (exact) mass is 287 g/mol. The minimum atomic E-state index is -0.279. The Morgan fingerprint density at radius 3 is 2.81 bits per heavy atom. The fraction of sp³-hybridized carbons (Fsp3) is 0.500. The molecule has 5 nitrogen and oxygen atoms in total. The van der Waals surface area contributed by atoms with Crippen molar-refractivity contribution >= 4 is 11.8 Å². The van der Waals surface area contributed by atoms with Crippen molar-refractivity contribution in [3.8, 4) is 0 Å². The van der Waals surface area contributed by atoms with Crippen LogP contribution in [0.25, 0.3) is 0 Å². The Balaban J connectivity index is 1.63. The van der Waals surface area contributed by atoms with E-state index in [0.717, 1.165) is 25.8 Å². The number of likely N-dealkylation sites (tertiary alicyclic amines) is 1. The molecule has 1 aromatic rings. The summed E-state index contributed by atoms with van der Waals surface area (Å²) in [5, 5.41) is 5.78. The zero-order valence-corrected chi connectivity index (χ0v) is 12.0. The number of amides is 2. The van der Waals surface area contributed by atoms with Gasteiger partial charge < -0.3 is 10.2 Å². The molecule has 0 aromatic heterocycles. The molecule has 2 amide bonds. The largest absolute Gasteiger partial charge is 0.353 e. The second kappa shape index (κ2) is 6.26. The molecule has 0 spiro atoms. The fourth-order valence-corrected chi connectivity index (χ4v) is 3.17. The lowest BCUT2D eigenvalue weighted by Crippen LogP contribution is -2.59. The normalized spacial score (nSPS) is 25.7. The number of piperazine rings is 1. The number of carbonyl (C=O) groups is 2. The summed E-state index contributed by atoms with van der Waals surface area (Å²) in [5.74, 6) is 0.0785. The number of nitrogens with one attached hydrogen (secondary N) is 2. The molecule has 1 aromatic carbocycles. The van der Waals surface area contributed by atoms with Crippen molar-refractivity contribution in [1.29, 1.82) is 0 Å². The van der Waals surface area contributed by atoms with Crippen LogP contribution < -0.4 is 10.6 Å². The standard InChI is InChI=1S/C16H21N3O2/c20-15-11-17-14(10-18-15)16(21)19-8-4-7-13(19)9-12-5-2-1-3-6-12/h1-3,5-6,13-14,17H,4,7-11H2,(H,18,20). The number of nitrogens with zero attached hydrogens (tertiary/aromatic N) is 1. The molecule has 0 bridgehead atoms. The van der Waals surface area contributed by atoms with E-state index in [1.807, 2.05) is 23.1 Å². The third-order valence-corrected chi connectivity index (χ3v) is 4.28. The zero-order chi connectivity index (χ0) is 14.7. The van der Waals surface area contributed by atoms with E-state index in [1.165, 1.54) is 5.56 Å². The predicted molar refractivity (Wildman–Crippen MR) is 79.7 cm³/mol. The van der Waals surface area contributed by atoms with Gasteiger partial charge in [0.1, 0.15) is 6.04 Å². The smallest absolute Gasteiger partial charge is 0.241 e. The molecular formula is C16H21N3O2. The second-order valence-electron chi connectivity index (χ2n) is 5.75. The minimum Gasteiger partial charge on any atom is -0.353 e. The first-order valence-corrected chi connectivity index (χ1v) is 7.58. The highest BCUT2D eigenvalue weighted by atomic mass is 16.2. The number of rotatable bonds is 3. The zero-order valence-electron chi connectivity index (χ0n) is 12.0. The third kappa shape index (κ3) is 3.24. The maximum absolute atomic E-state index is 12.6. The average molecular weight is 287 g/mol. The van der Waals surface area contributed by atoms with Gasteiger partial charge in [0.2, 0.25) is 11.8 Å². The Morgan fingerprint density at radius 1 is 1.29 bits per heavy atom. The van der Waals surface area contributed by atoms with Crippen molar-refractivity contribution in [3.05, 3.63) is 35.9 Å². The summed E-state index contributed by atoms with van der Waals surface area (Å²) in [7, 11) is 0. The third-order valence-electron chi connectivity index (χ3n) is 4.28. The molecule has 0 radical (unpaired) electrons. The first-order chi connectivity index (χ1) is 10.2. The predicted octanol–water partition coefficient (Wildman–Crippen LogP) is 0.308. The molecule has 2 N–H and O–H groups in total. The minimum absolute atomic E-state index is 0.0405. The number of hydrogen-bond donors (Lipinski definition) is 2. The number of benzene rings is 1. The molecule has 0 aliphatic carbocycles. The van der Waals surface area contributed by atoms with Gasteiger partial charge in [-0.15, -0.1) is 0 Å². The van der Waals surface area contributed by atoms with Crippen LogP contribution in [0.4, 0.5) is 0 Å². The van der Waals surface area contributed by atoms with Crippen LogP contribution in [0, 0.1) is 0 Å². The molecule has 2 aliphatic rings. The molecule has 2 heterocycles. The van der Waals surface area contributed by atoms with Crippen molar-refractivity contribution in [1.82, 2.24) is 15.5 Å². The van der Waals surface area contributed by atoms with Gasteiger partial charge in [0.25, 0.3) is 0 Å². The molecule has 112 valence electrons. The first kappa shape index (κ1) is 14.1. The SMILES string of the molecule is O=C1CNC(C(=O)N2CCCC2Cc2ccccc2)CN1. The second-order valence-corrected chi connectivity index (χ2v) is 5.75. The summed E-state index contributed by atoms with van der Waals surface area (Å²) in [6, 6.07) is 10.3. The Kier molecular flexibility index (Phi) is 4.20. The van der Waals surface area contributed by atoms with Crippen LogP contribution in [-0.4, -0.2) is 48.4 Å². The summed E-state index contributed by atoms with van der Waals surface area (Å²) in [6.07, 6.45) is 3.02. The summed E-state index contributed by atoms with van der Waals surface area (Å²) in [6.45, 7) is 1.45. The maximum atomic E-state index is 12.6. The van der Waals surface area contributed by atoms with Crippen LogP contribution in [0.2, 0.25) is 0 Å². The lowest BCUT2D eigenvalue weighted by atomic mass is 10.0. The number of carbonyl (C=O) groups excluding carboxylic acids is 2.